The van der Waals surface area contributed by atoms with E-state index in [9.17, 15) is 24.5 Å². The SMILES string of the molecule is CC(C)COC(=O)CN1C(=O)S/C(=C\c2cc3c(cc2[N+](=O)[O-])OCO3)C1=O. The second-order valence-electron chi connectivity index (χ2n) is 6.37. The maximum absolute atomic E-state index is 12.5. The van der Waals surface area contributed by atoms with E-state index in [1.54, 1.807) is 0 Å². The summed E-state index contributed by atoms with van der Waals surface area (Å²) in [5.41, 5.74) is -0.213. The van der Waals surface area contributed by atoms with Gasteiger partial charge in [-0.25, -0.2) is 0 Å². The van der Waals surface area contributed by atoms with Crippen molar-refractivity contribution in [3.05, 3.63) is 32.7 Å². The van der Waals surface area contributed by atoms with E-state index in [1.807, 2.05) is 13.8 Å². The van der Waals surface area contributed by atoms with Crippen LogP contribution in [-0.4, -0.2) is 46.9 Å². The number of nitro groups is 1. The fourth-order valence-electron chi connectivity index (χ4n) is 2.43. The molecule has 2 aliphatic rings. The number of esters is 1. The Morgan fingerprint density at radius 1 is 1.36 bits per heavy atom. The number of thioether (sulfide) groups is 1. The molecule has 0 atom stereocenters. The molecule has 0 bridgehead atoms. The Morgan fingerprint density at radius 2 is 2.04 bits per heavy atom. The van der Waals surface area contributed by atoms with Crippen molar-refractivity contribution in [2.45, 2.75) is 13.8 Å². The molecule has 2 amide bonds. The summed E-state index contributed by atoms with van der Waals surface area (Å²) in [5.74, 6) is -0.779. The molecule has 10 nitrogen and oxygen atoms in total. The number of carbonyl (C=O) groups is 3. The summed E-state index contributed by atoms with van der Waals surface area (Å²) in [6, 6.07) is 2.56. The number of carbonyl (C=O) groups excluding carboxylic acids is 3. The molecule has 2 aliphatic heterocycles. The predicted octanol–water partition coefficient (Wildman–Crippen LogP) is 2.56. The summed E-state index contributed by atoms with van der Waals surface area (Å²) >= 11 is 0.593. The van der Waals surface area contributed by atoms with Crippen LogP contribution in [0.15, 0.2) is 17.0 Å². The number of nitro benzene ring substituents is 1. The van der Waals surface area contributed by atoms with E-state index in [-0.39, 0.29) is 41.2 Å². The minimum absolute atomic E-state index is 0.0383. The van der Waals surface area contributed by atoms with Gasteiger partial charge in [0.2, 0.25) is 6.79 Å². The minimum atomic E-state index is -0.719. The average Bonchev–Trinajstić information content (AvgIpc) is 3.18. The van der Waals surface area contributed by atoms with Gasteiger partial charge in [-0.2, -0.15) is 0 Å². The first-order chi connectivity index (χ1) is 13.3. The summed E-state index contributed by atoms with van der Waals surface area (Å²) in [6.45, 7) is 3.31. The van der Waals surface area contributed by atoms with Gasteiger partial charge in [0, 0.05) is 0 Å². The standard InChI is InChI=1S/C17H16N2O8S/c1-9(2)7-25-15(20)6-18-16(21)14(28-17(18)22)4-10-3-12-13(27-8-26-12)5-11(10)19(23)24/h3-5,9H,6-8H2,1-2H3/b14-4-. The van der Waals surface area contributed by atoms with Gasteiger partial charge in [0.15, 0.2) is 11.5 Å². The highest BCUT2D eigenvalue weighted by atomic mass is 32.2. The molecule has 1 aromatic rings. The van der Waals surface area contributed by atoms with Crippen molar-refractivity contribution in [1.29, 1.82) is 0 Å². The lowest BCUT2D eigenvalue weighted by molar-refractivity contribution is -0.385. The Kier molecular flexibility index (Phi) is 5.54. The lowest BCUT2D eigenvalue weighted by atomic mass is 10.1. The fraction of sp³-hybridized carbons (Fsp3) is 0.353. The van der Waals surface area contributed by atoms with Crippen LogP contribution in [0.1, 0.15) is 19.4 Å². The molecule has 0 spiro atoms. The van der Waals surface area contributed by atoms with Crippen LogP contribution < -0.4 is 9.47 Å². The van der Waals surface area contributed by atoms with Gasteiger partial charge < -0.3 is 14.2 Å². The molecule has 0 aliphatic carbocycles. The maximum atomic E-state index is 12.5. The van der Waals surface area contributed by atoms with E-state index in [2.05, 4.69) is 0 Å². The Balaban J connectivity index is 1.82. The molecule has 1 fully saturated rings. The van der Waals surface area contributed by atoms with Crippen LogP contribution in [0.5, 0.6) is 11.5 Å². The van der Waals surface area contributed by atoms with Gasteiger partial charge in [-0.15, -0.1) is 0 Å². The molecule has 1 aromatic carbocycles. The largest absolute Gasteiger partial charge is 0.464 e. The van der Waals surface area contributed by atoms with Crippen molar-refractivity contribution in [2.24, 2.45) is 5.92 Å². The number of ether oxygens (including phenoxy) is 3. The third-order valence-electron chi connectivity index (χ3n) is 3.74. The Morgan fingerprint density at radius 3 is 2.68 bits per heavy atom. The van der Waals surface area contributed by atoms with Crippen LogP contribution in [-0.2, 0) is 14.3 Å². The number of fused-ring (bicyclic) bond motifs is 1. The van der Waals surface area contributed by atoms with E-state index in [1.165, 1.54) is 18.2 Å². The third kappa shape index (κ3) is 4.09. The lowest BCUT2D eigenvalue weighted by Gasteiger charge is -2.12. The quantitative estimate of drug-likeness (QED) is 0.302. The first-order valence-electron chi connectivity index (χ1n) is 8.25. The van der Waals surface area contributed by atoms with Crippen LogP contribution >= 0.6 is 11.8 Å². The normalized spacial score (nSPS) is 17.0. The van der Waals surface area contributed by atoms with Crippen molar-refractivity contribution >= 4 is 40.6 Å². The molecule has 0 unspecified atom stereocenters. The molecule has 148 valence electrons. The zero-order chi connectivity index (χ0) is 20.4. The highest BCUT2D eigenvalue weighted by Gasteiger charge is 2.37. The van der Waals surface area contributed by atoms with Crippen LogP contribution in [0.2, 0.25) is 0 Å². The first-order valence-corrected chi connectivity index (χ1v) is 9.07. The van der Waals surface area contributed by atoms with Crippen molar-refractivity contribution in [3.8, 4) is 11.5 Å². The lowest BCUT2D eigenvalue weighted by Crippen LogP contribution is -2.34. The van der Waals surface area contributed by atoms with Gasteiger partial charge in [-0.3, -0.25) is 29.4 Å². The van der Waals surface area contributed by atoms with Crippen LogP contribution in [0, 0.1) is 16.0 Å². The topological polar surface area (TPSA) is 125 Å². The summed E-state index contributed by atoms with van der Waals surface area (Å²) in [5, 5.41) is 10.7. The summed E-state index contributed by atoms with van der Waals surface area (Å²) in [6.07, 6.45) is 1.23. The molecular formula is C17H16N2O8S. The molecule has 0 N–H and O–H groups in total. The smallest absolute Gasteiger partial charge is 0.326 e. The van der Waals surface area contributed by atoms with E-state index < -0.39 is 28.6 Å². The van der Waals surface area contributed by atoms with Gasteiger partial charge >= 0.3 is 5.97 Å². The molecule has 1 saturated heterocycles. The van der Waals surface area contributed by atoms with Gasteiger partial charge in [0.25, 0.3) is 16.8 Å². The van der Waals surface area contributed by atoms with Crippen LogP contribution in [0.4, 0.5) is 10.5 Å². The van der Waals surface area contributed by atoms with Gasteiger partial charge in [-0.05, 0) is 29.8 Å². The Labute approximate surface area is 163 Å². The highest BCUT2D eigenvalue weighted by Crippen LogP contribution is 2.40. The van der Waals surface area contributed by atoms with E-state index in [4.69, 9.17) is 14.2 Å². The Bertz CT molecular complexity index is 895. The number of imide groups is 1. The number of nitrogens with zero attached hydrogens (tertiary/aromatic N) is 2. The molecule has 2 heterocycles. The van der Waals surface area contributed by atoms with E-state index in [0.717, 1.165) is 4.90 Å². The average molecular weight is 408 g/mol. The number of amides is 2. The van der Waals surface area contributed by atoms with Crippen molar-refractivity contribution in [3.63, 3.8) is 0 Å². The highest BCUT2D eigenvalue weighted by molar-refractivity contribution is 8.18. The second-order valence-corrected chi connectivity index (χ2v) is 7.36. The van der Waals surface area contributed by atoms with Crippen molar-refractivity contribution in [2.75, 3.05) is 19.9 Å². The molecule has 0 saturated carbocycles. The predicted molar refractivity (Wildman–Crippen MR) is 97.7 cm³/mol. The number of hydrogen-bond acceptors (Lipinski definition) is 9. The molecule has 28 heavy (non-hydrogen) atoms. The Hall–Kier alpha value is -3.08. The number of rotatable bonds is 6. The van der Waals surface area contributed by atoms with E-state index in [0.29, 0.717) is 17.5 Å². The molecule has 0 aromatic heterocycles. The summed E-state index contributed by atoms with van der Waals surface area (Å²) in [4.78, 5) is 47.8. The minimum Gasteiger partial charge on any atom is -0.464 e. The first kappa shape index (κ1) is 19.7. The molecule has 11 heteroatoms. The van der Waals surface area contributed by atoms with E-state index >= 15 is 0 Å². The zero-order valence-corrected chi connectivity index (χ0v) is 15.8. The number of benzene rings is 1. The maximum Gasteiger partial charge on any atom is 0.326 e. The number of hydrogen-bond donors (Lipinski definition) is 0. The van der Waals surface area contributed by atoms with Crippen molar-refractivity contribution < 1.29 is 33.5 Å². The van der Waals surface area contributed by atoms with Crippen molar-refractivity contribution in [1.82, 2.24) is 4.90 Å². The van der Waals surface area contributed by atoms with Gasteiger partial charge in [0.1, 0.15) is 6.54 Å². The van der Waals surface area contributed by atoms with Crippen LogP contribution in [0.3, 0.4) is 0 Å². The second kappa shape index (κ2) is 7.89. The molecular weight excluding hydrogens is 392 g/mol. The van der Waals surface area contributed by atoms with Gasteiger partial charge in [-0.1, -0.05) is 13.8 Å². The molecule has 0 radical (unpaired) electrons. The third-order valence-corrected chi connectivity index (χ3v) is 4.65. The summed E-state index contributed by atoms with van der Waals surface area (Å²) < 4.78 is 15.3. The molecule has 3 rings (SSSR count). The van der Waals surface area contributed by atoms with Gasteiger partial charge in [0.05, 0.1) is 28.1 Å². The summed E-state index contributed by atoms with van der Waals surface area (Å²) in [7, 11) is 0. The van der Waals surface area contributed by atoms with Crippen LogP contribution in [0.25, 0.3) is 6.08 Å². The monoisotopic (exact) mass is 408 g/mol. The fourth-order valence-corrected chi connectivity index (χ4v) is 3.26. The zero-order valence-electron chi connectivity index (χ0n) is 15.0.